The molecule has 1 aromatic heterocycles. The lowest BCUT2D eigenvalue weighted by Gasteiger charge is -2.22. The summed E-state index contributed by atoms with van der Waals surface area (Å²) in [5, 5.41) is 16.9. The van der Waals surface area contributed by atoms with E-state index in [2.05, 4.69) is 15.4 Å². The summed E-state index contributed by atoms with van der Waals surface area (Å²) < 4.78 is 28.1. The summed E-state index contributed by atoms with van der Waals surface area (Å²) in [5.74, 6) is -1.06. The number of hydrogen-bond donors (Lipinski definition) is 2. The van der Waals surface area contributed by atoms with Gasteiger partial charge in [-0.15, -0.1) is 5.10 Å². The van der Waals surface area contributed by atoms with E-state index >= 15 is 0 Å². The van der Waals surface area contributed by atoms with Gasteiger partial charge in [0.2, 0.25) is 5.95 Å². The molecule has 1 heterocycles. The number of hydrogen-bond acceptors (Lipinski definition) is 5. The van der Waals surface area contributed by atoms with E-state index in [1.54, 1.807) is 6.92 Å². The van der Waals surface area contributed by atoms with Crippen LogP contribution in [-0.2, 0) is 0 Å². The zero-order valence-corrected chi connectivity index (χ0v) is 15.3. The Hall–Kier alpha value is -3.00. The number of benzene rings is 2. The molecule has 1 unspecified atom stereocenters. The van der Waals surface area contributed by atoms with Crippen LogP contribution in [0.4, 0.5) is 26.1 Å². The molecule has 3 aromatic rings. The molecule has 0 radical (unpaired) electrons. The van der Waals surface area contributed by atoms with Gasteiger partial charge in [-0.2, -0.15) is 4.98 Å². The maximum atomic E-state index is 13.4. The highest BCUT2D eigenvalue weighted by atomic mass is 19.1. The summed E-state index contributed by atoms with van der Waals surface area (Å²) in [4.78, 5) is 6.09. The predicted molar refractivity (Wildman–Crippen MR) is 101 cm³/mol. The molecule has 0 saturated heterocycles. The maximum Gasteiger partial charge on any atom is 0.246 e. The lowest BCUT2D eigenvalue weighted by atomic mass is 10.1. The fourth-order valence-corrected chi connectivity index (χ4v) is 2.80. The molecule has 142 valence electrons. The van der Waals surface area contributed by atoms with Gasteiger partial charge < -0.3 is 15.3 Å². The normalized spacial score (nSPS) is 12.1. The lowest BCUT2D eigenvalue weighted by molar-refractivity contribution is 0.201. The van der Waals surface area contributed by atoms with Gasteiger partial charge in [-0.1, -0.05) is 0 Å². The van der Waals surface area contributed by atoms with Crippen molar-refractivity contribution in [2.24, 2.45) is 0 Å². The second-order valence-electron chi connectivity index (χ2n) is 6.55. The number of nitrogens with zero attached hydrogens (tertiary/aromatic N) is 4. The number of aryl methyl sites for hydroxylation is 1. The fourth-order valence-electron chi connectivity index (χ4n) is 2.80. The van der Waals surface area contributed by atoms with E-state index in [0.717, 1.165) is 23.0 Å². The minimum atomic E-state index is -0.681. The average molecular weight is 373 g/mol. The summed E-state index contributed by atoms with van der Waals surface area (Å²) in [6.07, 6.45) is 0.934. The first kappa shape index (κ1) is 18.8. The number of aliphatic hydroxyl groups excluding tert-OH is 1. The molecule has 0 amide bonds. The largest absolute Gasteiger partial charge is 0.392 e. The molecule has 2 aromatic carbocycles. The molecule has 0 fully saturated rings. The van der Waals surface area contributed by atoms with Gasteiger partial charge in [0.1, 0.15) is 18.0 Å². The van der Waals surface area contributed by atoms with Crippen LogP contribution in [0.3, 0.4) is 0 Å². The number of rotatable bonds is 6. The van der Waals surface area contributed by atoms with Gasteiger partial charge in [0.05, 0.1) is 11.8 Å². The first-order valence-electron chi connectivity index (χ1n) is 8.46. The Morgan fingerprint density at radius 1 is 1.15 bits per heavy atom. The quantitative estimate of drug-likeness (QED) is 0.693. The monoisotopic (exact) mass is 373 g/mol. The van der Waals surface area contributed by atoms with E-state index in [1.807, 2.05) is 37.1 Å². The molecule has 3 rings (SSSR count). The van der Waals surface area contributed by atoms with Crippen molar-refractivity contribution in [2.45, 2.75) is 20.0 Å². The molecule has 0 aliphatic heterocycles. The number of nitrogens with one attached hydrogen (secondary N) is 1. The Morgan fingerprint density at radius 3 is 2.52 bits per heavy atom. The first-order chi connectivity index (χ1) is 12.8. The second kappa shape index (κ2) is 7.71. The average Bonchev–Trinajstić information content (AvgIpc) is 3.01. The van der Waals surface area contributed by atoms with Crippen LogP contribution in [0, 0.1) is 18.6 Å². The number of anilines is 3. The van der Waals surface area contributed by atoms with Crippen LogP contribution < -0.4 is 10.2 Å². The third kappa shape index (κ3) is 4.79. The summed E-state index contributed by atoms with van der Waals surface area (Å²) in [7, 11) is 1.90. The molecule has 0 aliphatic rings. The molecule has 1 atom stereocenters. The molecule has 0 bridgehead atoms. The summed E-state index contributed by atoms with van der Waals surface area (Å²) in [5.41, 5.74) is 2.98. The Morgan fingerprint density at radius 2 is 1.85 bits per heavy atom. The van der Waals surface area contributed by atoms with Crippen LogP contribution in [0.1, 0.15) is 12.5 Å². The van der Waals surface area contributed by atoms with Crippen molar-refractivity contribution < 1.29 is 13.9 Å². The molecular weight excluding hydrogens is 352 g/mol. The summed E-state index contributed by atoms with van der Waals surface area (Å²) >= 11 is 0. The van der Waals surface area contributed by atoms with Crippen LogP contribution in [0.15, 0.2) is 42.7 Å². The highest BCUT2D eigenvalue weighted by molar-refractivity contribution is 5.63. The van der Waals surface area contributed by atoms with Crippen molar-refractivity contribution in [2.75, 3.05) is 23.8 Å². The Balaban J connectivity index is 1.82. The Kier molecular flexibility index (Phi) is 5.36. The minimum Gasteiger partial charge on any atom is -0.392 e. The number of aliphatic hydroxyl groups is 1. The first-order valence-corrected chi connectivity index (χ1v) is 8.46. The van der Waals surface area contributed by atoms with Crippen molar-refractivity contribution in [3.8, 4) is 5.69 Å². The zero-order chi connectivity index (χ0) is 19.6. The lowest BCUT2D eigenvalue weighted by Crippen LogP contribution is -2.26. The van der Waals surface area contributed by atoms with E-state index < -0.39 is 17.7 Å². The Labute approximate surface area is 156 Å². The van der Waals surface area contributed by atoms with Gasteiger partial charge in [-0.3, -0.25) is 0 Å². The third-order valence-corrected chi connectivity index (χ3v) is 3.90. The van der Waals surface area contributed by atoms with Crippen LogP contribution in [0.25, 0.3) is 5.69 Å². The van der Waals surface area contributed by atoms with E-state index in [9.17, 15) is 13.9 Å². The van der Waals surface area contributed by atoms with Crippen molar-refractivity contribution in [1.29, 1.82) is 0 Å². The van der Waals surface area contributed by atoms with Crippen molar-refractivity contribution in [3.05, 3.63) is 59.9 Å². The number of likely N-dealkylation sites (N-methyl/N-ethyl adjacent to an activating group) is 1. The van der Waals surface area contributed by atoms with Crippen LogP contribution >= 0.6 is 0 Å². The van der Waals surface area contributed by atoms with Crippen molar-refractivity contribution in [1.82, 2.24) is 14.8 Å². The van der Waals surface area contributed by atoms with Gasteiger partial charge in [0.15, 0.2) is 0 Å². The summed E-state index contributed by atoms with van der Waals surface area (Å²) in [6, 6.07) is 9.02. The van der Waals surface area contributed by atoms with Gasteiger partial charge >= 0.3 is 0 Å². The van der Waals surface area contributed by atoms with Crippen LogP contribution in [0.2, 0.25) is 0 Å². The summed E-state index contributed by atoms with van der Waals surface area (Å²) in [6.45, 7) is 4.20. The Bertz CT molecular complexity index is 921. The minimum absolute atomic E-state index is 0.245. The third-order valence-electron chi connectivity index (χ3n) is 3.90. The van der Waals surface area contributed by atoms with Gasteiger partial charge in [-0.05, 0) is 49.7 Å². The number of halogens is 2. The van der Waals surface area contributed by atoms with Gasteiger partial charge in [0, 0.05) is 31.0 Å². The van der Waals surface area contributed by atoms with Crippen LogP contribution in [-0.4, -0.2) is 39.6 Å². The van der Waals surface area contributed by atoms with Crippen molar-refractivity contribution >= 4 is 17.3 Å². The molecule has 0 spiro atoms. The van der Waals surface area contributed by atoms with E-state index in [0.29, 0.717) is 12.5 Å². The fraction of sp³-hybridized carbons (Fsp3) is 0.263. The zero-order valence-electron chi connectivity index (χ0n) is 15.3. The highest BCUT2D eigenvalue weighted by Gasteiger charge is 2.09. The predicted octanol–water partition coefficient (Wildman–Crippen LogP) is 3.41. The molecule has 2 N–H and O–H groups in total. The topological polar surface area (TPSA) is 66.2 Å². The molecule has 8 heteroatoms. The highest BCUT2D eigenvalue weighted by Crippen LogP contribution is 2.24. The van der Waals surface area contributed by atoms with Crippen LogP contribution in [0.5, 0.6) is 0 Å². The van der Waals surface area contributed by atoms with E-state index in [-0.39, 0.29) is 5.69 Å². The maximum absolute atomic E-state index is 13.4. The van der Waals surface area contributed by atoms with Crippen molar-refractivity contribution in [3.63, 3.8) is 0 Å². The smallest absolute Gasteiger partial charge is 0.246 e. The molecule has 0 saturated carbocycles. The standard InChI is InChI=1S/C19H21F2N5O/c1-12-4-16(9-17(5-12)25(3)10-13(2)27)23-19-22-11-26(24-19)18-7-14(20)6-15(21)8-18/h4-9,11,13,27H,10H2,1-3H3,(H,23,24). The SMILES string of the molecule is Cc1cc(Nc2ncn(-c3cc(F)cc(F)c3)n2)cc(N(C)CC(C)O)c1. The molecule has 0 aliphatic carbocycles. The second-order valence-corrected chi connectivity index (χ2v) is 6.55. The van der Waals surface area contributed by atoms with E-state index in [4.69, 9.17) is 0 Å². The molecule has 27 heavy (non-hydrogen) atoms. The van der Waals surface area contributed by atoms with Gasteiger partial charge in [-0.25, -0.2) is 13.5 Å². The number of aromatic nitrogens is 3. The molecular formula is C19H21F2N5O. The molecule has 6 nitrogen and oxygen atoms in total. The van der Waals surface area contributed by atoms with Gasteiger partial charge in [0.25, 0.3) is 0 Å². The van der Waals surface area contributed by atoms with E-state index in [1.165, 1.54) is 23.1 Å².